The summed E-state index contributed by atoms with van der Waals surface area (Å²) in [6.45, 7) is 0. The maximum absolute atomic E-state index is 10.2. The third-order valence-electron chi connectivity index (χ3n) is 0.916. The van der Waals surface area contributed by atoms with E-state index in [2.05, 4.69) is 0 Å². The molecule has 0 fully saturated rings. The molecule has 0 rings (SSSR count). The molecule has 0 saturated heterocycles. The topological polar surface area (TPSA) is 17.1 Å². The zero-order valence-electron chi connectivity index (χ0n) is 5.58. The van der Waals surface area contributed by atoms with Gasteiger partial charge in [0.2, 0.25) is 0 Å². The Hall–Kier alpha value is 0.793. The van der Waals surface area contributed by atoms with Crippen LogP contribution in [0, 0.1) is 0 Å². The molecule has 9 heavy (non-hydrogen) atoms. The van der Waals surface area contributed by atoms with Crippen molar-refractivity contribution in [2.75, 3.05) is 0 Å². The molecule has 0 radical (unpaired) electrons. The third-order valence-corrected chi connectivity index (χ3v) is 5.11. The molecule has 0 unspecified atom stereocenters. The molecule has 1 nitrogen and oxygen atoms in total. The van der Waals surface area contributed by atoms with Gasteiger partial charge in [-0.15, -0.1) is 0 Å². The summed E-state index contributed by atoms with van der Waals surface area (Å²) in [5.74, 6) is 4.09. The van der Waals surface area contributed by atoms with Gasteiger partial charge in [0.05, 0.1) is 0 Å². The van der Waals surface area contributed by atoms with Crippen LogP contribution < -0.4 is 0 Å². The van der Waals surface area contributed by atoms with E-state index in [1.54, 1.807) is 0 Å². The summed E-state index contributed by atoms with van der Waals surface area (Å²) >= 11 is 3.13. The van der Waals surface area contributed by atoms with Crippen LogP contribution in [0.5, 0.6) is 0 Å². The van der Waals surface area contributed by atoms with Crippen LogP contribution >= 0.6 is 21.6 Å². The first-order chi connectivity index (χ1) is 3.92. The molecule has 0 bridgehead atoms. The van der Waals surface area contributed by atoms with Gasteiger partial charge in [0, 0.05) is 0 Å². The molecule has 0 aliphatic heterocycles. The number of hydrogen-bond acceptors (Lipinski definition) is 1. The Morgan fingerprint density at radius 2 is 2.00 bits per heavy atom. The molecule has 0 atom stereocenters. The first-order valence-corrected chi connectivity index (χ1v) is 11.6. The van der Waals surface area contributed by atoms with Crippen molar-refractivity contribution in [3.63, 3.8) is 0 Å². The van der Waals surface area contributed by atoms with Crippen LogP contribution in [0.1, 0.15) is 6.42 Å². The van der Waals surface area contributed by atoms with Crippen molar-refractivity contribution in [1.29, 1.82) is 0 Å². The molecule has 0 aliphatic rings. The van der Waals surface area contributed by atoms with Crippen molar-refractivity contribution in [2.24, 2.45) is 0 Å². The fraction of sp³-hybridized carbons (Fsp3) is 0.800. The van der Waals surface area contributed by atoms with E-state index in [0.29, 0.717) is 6.42 Å². The average molecular weight is 230 g/mol. The van der Waals surface area contributed by atoms with Gasteiger partial charge in [0.15, 0.2) is 0 Å². The monoisotopic (exact) mass is 230 g/mol. The summed E-state index contributed by atoms with van der Waals surface area (Å²) in [7, 11) is 5.95. The van der Waals surface area contributed by atoms with Crippen LogP contribution in [-0.4, -0.2) is 17.6 Å². The van der Waals surface area contributed by atoms with E-state index >= 15 is 0 Å². The van der Waals surface area contributed by atoms with Crippen molar-refractivity contribution < 1.29 is 4.79 Å². The van der Waals surface area contributed by atoms with E-state index in [-0.39, 0.29) is 5.24 Å². The molecular weight excluding hydrogens is 220 g/mol. The molecule has 0 spiro atoms. The number of carbonyl (C=O) groups excluding carboxylic acids is 1. The standard InChI is InChI=1S/C5H10Cl2GeO/c1-8(2,7)4-3-5(6)9/h3-4H2,1-2H3. The van der Waals surface area contributed by atoms with Crippen molar-refractivity contribution in [2.45, 2.75) is 23.2 Å². The normalized spacial score (nSPS) is 11.6. The summed E-state index contributed by atoms with van der Waals surface area (Å²) in [5.41, 5.74) is 0. The quantitative estimate of drug-likeness (QED) is 0.537. The van der Waals surface area contributed by atoms with Gasteiger partial charge >= 0.3 is 67.2 Å². The van der Waals surface area contributed by atoms with E-state index in [9.17, 15) is 4.79 Å². The van der Waals surface area contributed by atoms with Gasteiger partial charge in [-0.1, -0.05) is 0 Å². The Bertz CT molecular complexity index is 108. The number of halogens is 2. The Kier molecular flexibility index (Phi) is 4.18. The predicted octanol–water partition coefficient (Wildman–Crippen LogP) is 2.59. The first kappa shape index (κ1) is 9.79. The van der Waals surface area contributed by atoms with Crippen LogP contribution in [0.3, 0.4) is 0 Å². The van der Waals surface area contributed by atoms with Gasteiger partial charge in [0.25, 0.3) is 0 Å². The predicted molar refractivity (Wildman–Crippen MR) is 43.6 cm³/mol. The summed E-state index contributed by atoms with van der Waals surface area (Å²) in [5, 5.41) is 0.554. The van der Waals surface area contributed by atoms with Crippen LogP contribution in [0.15, 0.2) is 0 Å². The van der Waals surface area contributed by atoms with Crippen LogP contribution in [-0.2, 0) is 4.79 Å². The summed E-state index contributed by atoms with van der Waals surface area (Å²) in [6.07, 6.45) is 0.443. The number of carbonyl (C=O) groups is 1. The third kappa shape index (κ3) is 8.79. The van der Waals surface area contributed by atoms with Crippen LogP contribution in [0.4, 0.5) is 0 Å². The second-order valence-electron chi connectivity index (χ2n) is 2.57. The van der Waals surface area contributed by atoms with E-state index < -0.39 is 12.3 Å². The molecule has 0 aromatic heterocycles. The minimum absolute atomic E-state index is 0.269. The van der Waals surface area contributed by atoms with E-state index in [1.807, 2.05) is 11.5 Å². The van der Waals surface area contributed by atoms with Crippen LogP contribution in [0.2, 0.25) is 16.8 Å². The Labute approximate surface area is 67.3 Å². The van der Waals surface area contributed by atoms with E-state index in [4.69, 9.17) is 21.6 Å². The Balaban J connectivity index is 3.39. The van der Waals surface area contributed by atoms with Crippen molar-refractivity contribution in [3.8, 4) is 0 Å². The zero-order valence-corrected chi connectivity index (χ0v) is 9.19. The molecule has 0 amide bonds. The molecule has 0 aromatic rings. The zero-order chi connectivity index (χ0) is 7.49. The molecule has 0 heterocycles. The number of rotatable bonds is 3. The minimum atomic E-state index is -1.99. The molecular formula is C5H10Cl2GeO. The second-order valence-corrected chi connectivity index (χ2v) is 16.6. The van der Waals surface area contributed by atoms with Gasteiger partial charge in [-0.3, -0.25) is 0 Å². The van der Waals surface area contributed by atoms with E-state index in [1.165, 1.54) is 0 Å². The van der Waals surface area contributed by atoms with Gasteiger partial charge in [0.1, 0.15) is 0 Å². The Morgan fingerprint density at radius 1 is 1.56 bits per heavy atom. The van der Waals surface area contributed by atoms with Crippen LogP contribution in [0.25, 0.3) is 0 Å². The Morgan fingerprint density at radius 3 is 2.11 bits per heavy atom. The molecule has 0 aliphatic carbocycles. The first-order valence-electron chi connectivity index (χ1n) is 2.79. The van der Waals surface area contributed by atoms with Crippen molar-refractivity contribution >= 4 is 39.2 Å². The van der Waals surface area contributed by atoms with E-state index in [0.717, 1.165) is 5.25 Å². The van der Waals surface area contributed by atoms with Gasteiger partial charge in [-0.25, -0.2) is 0 Å². The van der Waals surface area contributed by atoms with Crippen molar-refractivity contribution in [3.05, 3.63) is 0 Å². The van der Waals surface area contributed by atoms with Gasteiger partial charge in [-0.05, 0) is 0 Å². The molecule has 0 saturated carbocycles. The molecule has 0 N–H and O–H groups in total. The maximum atomic E-state index is 10.2. The van der Waals surface area contributed by atoms with Gasteiger partial charge in [-0.2, -0.15) is 0 Å². The summed E-state index contributed by atoms with van der Waals surface area (Å²) in [4.78, 5) is 10.2. The van der Waals surface area contributed by atoms with Crippen molar-refractivity contribution in [1.82, 2.24) is 0 Å². The molecule has 54 valence electrons. The molecule has 4 heteroatoms. The fourth-order valence-corrected chi connectivity index (χ4v) is 3.04. The number of hydrogen-bond donors (Lipinski definition) is 0. The average Bonchev–Trinajstić information content (AvgIpc) is 1.59. The van der Waals surface area contributed by atoms with Gasteiger partial charge < -0.3 is 0 Å². The molecule has 0 aromatic carbocycles. The summed E-state index contributed by atoms with van der Waals surface area (Å²) < 4.78 is 0. The summed E-state index contributed by atoms with van der Waals surface area (Å²) in [6, 6.07) is 0. The fourth-order valence-electron chi connectivity index (χ4n) is 0.396. The second kappa shape index (κ2) is 3.84. The SMILES string of the molecule is [CH3][Ge]([CH3])([Cl])[CH2]CC(=O)Cl.